The van der Waals surface area contributed by atoms with Gasteiger partial charge in [-0.25, -0.2) is 0 Å². The molecule has 0 aliphatic heterocycles. The number of rotatable bonds is 17. The zero-order valence-electron chi connectivity index (χ0n) is 53.1. The van der Waals surface area contributed by atoms with Crippen LogP contribution in [0.5, 0.6) is 23.0 Å². The maximum atomic E-state index is 14.6. The lowest BCUT2D eigenvalue weighted by Crippen LogP contribution is -2.54. The number of benzene rings is 8. The van der Waals surface area contributed by atoms with Crippen LogP contribution < -0.4 is 26.0 Å². The van der Waals surface area contributed by atoms with E-state index in [4.69, 9.17) is 4.74 Å². The summed E-state index contributed by atoms with van der Waals surface area (Å²) in [5.41, 5.74) is -33.6. The smallest absolute Gasteiger partial charge is 0.430 e. The van der Waals surface area contributed by atoms with E-state index in [9.17, 15) is 145 Å². The molecule has 8 rings (SSSR count). The Morgan fingerprint density at radius 3 is 0.838 bits per heavy atom. The van der Waals surface area contributed by atoms with Crippen LogP contribution in [-0.4, -0.2) is 107 Å². The van der Waals surface area contributed by atoms with E-state index in [-0.39, 0.29) is 76.3 Å². The third-order valence-electron chi connectivity index (χ3n) is 16.3. The standard InChI is InChI=1S/C37H24F18N2O5.C31H24F6N2O4/c1-17(58)18-3-7-20(8-4-18)29(32(38,39)40,33(41,42)43)21-9-5-19(6-10-21)28(59)57-27-14-12-23(16-25(27)31(61,36(50,51)52)37(53,54)55)62-22-11-13-26(56-2)24(15-22)30(60,34(44,45)46)35(47,48)49;1-17(40)18-3-9-22(10-4-18)29(30(32,33)34,31(35,36)37)23-11-5-19(6-12-23)28(43)39-25-14-8-21(16-27(25)42)20-7-13-24(38-2)26(41)15-20/h3-16,56,60-61H,1-2H3,(H,57,59);3-16,38,41-42H,1-2H3,(H,39,43). The summed E-state index contributed by atoms with van der Waals surface area (Å²) in [6.07, 6.45) is -50.6. The minimum absolute atomic E-state index is 0.0338. The summed E-state index contributed by atoms with van der Waals surface area (Å²) in [7, 11) is 2.44. The Morgan fingerprint density at radius 1 is 0.314 bits per heavy atom. The molecule has 0 fully saturated rings. The van der Waals surface area contributed by atoms with E-state index in [1.165, 1.54) is 29.6 Å². The van der Waals surface area contributed by atoms with Crippen molar-refractivity contribution in [1.82, 2.24) is 0 Å². The van der Waals surface area contributed by atoms with Gasteiger partial charge >= 0.3 is 49.4 Å². The topological polar surface area (TPSA) is 207 Å². The average Bonchev–Trinajstić information content (AvgIpc) is 0.716. The molecule has 8 aromatic rings. The number of ketones is 2. The van der Waals surface area contributed by atoms with Gasteiger partial charge in [0.05, 0.1) is 11.4 Å². The van der Waals surface area contributed by atoms with Gasteiger partial charge in [0.1, 0.15) is 23.0 Å². The first-order chi connectivity index (χ1) is 48.1. The van der Waals surface area contributed by atoms with Crippen LogP contribution in [0.1, 0.15) is 88.7 Å². The van der Waals surface area contributed by atoms with Gasteiger partial charge in [-0.05, 0) is 132 Å². The number of ether oxygens (including phenoxy) is 1. The van der Waals surface area contributed by atoms with Crippen LogP contribution in [0.3, 0.4) is 0 Å². The molecule has 562 valence electrons. The molecule has 13 nitrogen and oxygen atoms in total. The highest BCUT2D eigenvalue weighted by molar-refractivity contribution is 6.06. The molecule has 0 aliphatic rings. The van der Waals surface area contributed by atoms with Crippen molar-refractivity contribution in [1.29, 1.82) is 0 Å². The monoisotopic (exact) mass is 1520 g/mol. The number of phenolic OH excluding ortho intramolecular Hbond substituents is 2. The molecule has 0 bridgehead atoms. The minimum Gasteiger partial charge on any atom is -0.506 e. The third kappa shape index (κ3) is 15.3. The number of alkyl halides is 24. The highest BCUT2D eigenvalue weighted by Gasteiger charge is 2.76. The van der Waals surface area contributed by atoms with Gasteiger partial charge in [0.25, 0.3) is 23.0 Å². The lowest BCUT2D eigenvalue weighted by Gasteiger charge is -2.38. The first-order valence-electron chi connectivity index (χ1n) is 29.1. The molecule has 0 saturated heterocycles. The minimum atomic E-state index is -6.76. The van der Waals surface area contributed by atoms with Crippen molar-refractivity contribution in [3.05, 3.63) is 225 Å². The van der Waals surface area contributed by atoms with Crippen molar-refractivity contribution >= 4 is 46.1 Å². The molecule has 105 heavy (non-hydrogen) atoms. The van der Waals surface area contributed by atoms with Gasteiger partial charge in [0.2, 0.25) is 10.8 Å². The van der Waals surface area contributed by atoms with Gasteiger partial charge in [-0.1, -0.05) is 84.9 Å². The molecule has 37 heteroatoms. The molecule has 0 unspecified atom stereocenters. The second-order valence-electron chi connectivity index (χ2n) is 22.7. The number of carbonyl (C=O) groups is 4. The molecule has 0 aliphatic carbocycles. The van der Waals surface area contributed by atoms with E-state index in [1.807, 2.05) is 5.32 Å². The van der Waals surface area contributed by atoms with Gasteiger partial charge in [-0.2, -0.15) is 105 Å². The SMILES string of the molecule is CNc1ccc(-c2ccc(NC(=O)c3ccc(C(c4ccc(C(C)=O)cc4)(C(F)(F)F)C(F)(F)F)cc3)c(O)c2)cc1O.CNc1ccc(Oc2ccc(NC(=O)c3ccc(C(c4ccc(C(C)=O)cc4)(C(F)(F)F)C(F)(F)F)cc3)c(C(O)(C(F)(F)F)C(F)(F)F)c2)cc1C(O)(C(F)(F)F)C(F)(F)F. The number of anilines is 4. The van der Waals surface area contributed by atoms with Crippen molar-refractivity contribution in [3.8, 4) is 34.1 Å². The number of hydrogen-bond donors (Lipinski definition) is 8. The van der Waals surface area contributed by atoms with Gasteiger partial charge in [-0.3, -0.25) is 19.2 Å². The highest BCUT2D eigenvalue weighted by atomic mass is 19.4. The van der Waals surface area contributed by atoms with Crippen molar-refractivity contribution in [2.24, 2.45) is 0 Å². The molecule has 0 spiro atoms. The second-order valence-corrected chi connectivity index (χ2v) is 22.7. The van der Waals surface area contributed by atoms with Crippen LogP contribution in [0, 0.1) is 0 Å². The van der Waals surface area contributed by atoms with Crippen molar-refractivity contribution < 1.29 is 150 Å². The zero-order chi connectivity index (χ0) is 79.2. The molecule has 8 N–H and O–H groups in total. The molecule has 0 radical (unpaired) electrons. The summed E-state index contributed by atoms with van der Waals surface area (Å²) in [5.74, 6) is -6.89. The summed E-state index contributed by atoms with van der Waals surface area (Å²) < 4.78 is 346. The number of hydrogen-bond acceptors (Lipinski definition) is 11. The fourth-order valence-electron chi connectivity index (χ4n) is 10.9. The molecule has 2 amide bonds. The second kappa shape index (κ2) is 28.7. The predicted molar refractivity (Wildman–Crippen MR) is 327 cm³/mol. The number of amides is 2. The van der Waals surface area contributed by atoms with Crippen LogP contribution in [0.4, 0.5) is 128 Å². The third-order valence-corrected chi connectivity index (χ3v) is 16.3. The molecule has 0 heterocycles. The normalized spacial score (nSPS) is 13.1. The molecule has 8 aromatic carbocycles. The van der Waals surface area contributed by atoms with Gasteiger partial charge in [0, 0.05) is 58.9 Å². The maximum Gasteiger partial charge on any atom is 0.430 e. The summed E-state index contributed by atoms with van der Waals surface area (Å²) in [6.45, 7) is 2.09. The Labute approximate surface area is 574 Å². The fourth-order valence-corrected chi connectivity index (χ4v) is 10.9. The van der Waals surface area contributed by atoms with Crippen LogP contribution >= 0.6 is 0 Å². The lowest BCUT2D eigenvalue weighted by molar-refractivity contribution is -0.376. The lowest BCUT2D eigenvalue weighted by atomic mass is 9.72. The van der Waals surface area contributed by atoms with E-state index in [2.05, 4.69) is 10.6 Å². The van der Waals surface area contributed by atoms with E-state index in [1.54, 1.807) is 19.2 Å². The largest absolute Gasteiger partial charge is 0.506 e. The van der Waals surface area contributed by atoms with E-state index in [0.717, 1.165) is 45.2 Å². The first kappa shape index (κ1) is 81.6. The van der Waals surface area contributed by atoms with Crippen LogP contribution in [0.15, 0.2) is 170 Å². The molecule has 0 atom stereocenters. The van der Waals surface area contributed by atoms with E-state index >= 15 is 0 Å². The summed E-state index contributed by atoms with van der Waals surface area (Å²) >= 11 is 0. The van der Waals surface area contributed by atoms with E-state index in [0.29, 0.717) is 83.5 Å². The van der Waals surface area contributed by atoms with Crippen LogP contribution in [0.2, 0.25) is 0 Å². The average molecular weight is 1520 g/mol. The number of phenols is 2. The Morgan fingerprint density at radius 2 is 0.571 bits per heavy atom. The Hall–Kier alpha value is -10.7. The molecule has 0 saturated carbocycles. The van der Waals surface area contributed by atoms with Crippen molar-refractivity contribution in [2.75, 3.05) is 35.4 Å². The van der Waals surface area contributed by atoms with Gasteiger partial charge in [0.15, 0.2) is 11.6 Å². The Bertz CT molecular complexity index is 4470. The summed E-state index contributed by atoms with van der Waals surface area (Å²) in [4.78, 5) is 49.1. The predicted octanol–water partition coefficient (Wildman–Crippen LogP) is 18.7. The quantitative estimate of drug-likeness (QED) is 0.0245. The Balaban J connectivity index is 0.000000313. The molecular formula is C68H48F24N4O9. The Kier molecular flexibility index (Phi) is 22.3. The van der Waals surface area contributed by atoms with Crippen molar-refractivity contribution in [2.45, 2.75) is 85.3 Å². The molecular weight excluding hydrogens is 1470 g/mol. The number of Topliss-reactive ketones (excluding diaryl/α,β-unsaturated/α-hetero) is 2. The summed E-state index contributed by atoms with van der Waals surface area (Å²) in [5, 5.41) is 49.3. The fraction of sp³-hybridized carbons (Fsp3) is 0.235. The number of aromatic hydroxyl groups is 2. The van der Waals surface area contributed by atoms with Crippen LogP contribution in [0.25, 0.3) is 11.1 Å². The van der Waals surface area contributed by atoms with Gasteiger partial charge < -0.3 is 46.4 Å². The number of aliphatic hydroxyl groups is 2. The number of nitrogens with one attached hydrogen (secondary N) is 4. The number of halogens is 24. The number of carbonyl (C=O) groups excluding carboxylic acids is 4. The highest BCUT2D eigenvalue weighted by Crippen LogP contribution is 2.60. The first-order valence-corrected chi connectivity index (χ1v) is 29.1. The van der Waals surface area contributed by atoms with Gasteiger partial charge in [-0.15, -0.1) is 0 Å². The maximum absolute atomic E-state index is 14.6. The molecule has 0 aromatic heterocycles. The van der Waals surface area contributed by atoms with Crippen molar-refractivity contribution in [3.63, 3.8) is 0 Å². The summed E-state index contributed by atoms with van der Waals surface area (Å²) in [6, 6.07) is 18.6. The zero-order valence-corrected chi connectivity index (χ0v) is 53.1. The van der Waals surface area contributed by atoms with Crippen LogP contribution in [-0.2, 0) is 22.0 Å². The van der Waals surface area contributed by atoms with E-state index < -0.39 is 157 Å².